The second kappa shape index (κ2) is 9.10. The molecule has 0 fully saturated rings. The van der Waals surface area contributed by atoms with Crippen LogP contribution in [0.25, 0.3) is 0 Å². The summed E-state index contributed by atoms with van der Waals surface area (Å²) < 4.78 is 62.9. The van der Waals surface area contributed by atoms with Crippen LogP contribution in [0.2, 0.25) is 5.02 Å². The predicted molar refractivity (Wildman–Crippen MR) is 106 cm³/mol. The number of hydrogen-bond donors (Lipinski definition) is 1. The van der Waals surface area contributed by atoms with Crippen molar-refractivity contribution in [3.05, 3.63) is 47.5 Å². The molecule has 2 aromatic carbocycles. The minimum Gasteiger partial charge on any atom is -0.495 e. The number of sulfonamides is 2. The zero-order chi connectivity index (χ0) is 20.9. The molecule has 0 saturated carbocycles. The van der Waals surface area contributed by atoms with Gasteiger partial charge in [0.25, 0.3) is 0 Å². The minimum absolute atomic E-state index is 0.00422. The van der Waals surface area contributed by atoms with Gasteiger partial charge in [0.1, 0.15) is 23.0 Å². The monoisotopic (exact) mass is 448 g/mol. The van der Waals surface area contributed by atoms with Crippen LogP contribution in [0, 0.1) is 0 Å². The fourth-order valence-corrected chi connectivity index (χ4v) is 4.55. The molecule has 0 aromatic heterocycles. The van der Waals surface area contributed by atoms with Gasteiger partial charge in [-0.05, 0) is 42.5 Å². The van der Waals surface area contributed by atoms with Crippen LogP contribution < -0.4 is 14.2 Å². The highest BCUT2D eigenvalue weighted by molar-refractivity contribution is 7.89. The minimum atomic E-state index is -3.84. The highest BCUT2D eigenvalue weighted by atomic mass is 35.5. The third kappa shape index (κ3) is 5.36. The average molecular weight is 449 g/mol. The lowest BCUT2D eigenvalue weighted by Gasteiger charge is -2.13. The summed E-state index contributed by atoms with van der Waals surface area (Å²) in [5.41, 5.74) is 0. The number of benzene rings is 2. The first-order valence-corrected chi connectivity index (χ1v) is 11.4. The quantitative estimate of drug-likeness (QED) is 0.588. The van der Waals surface area contributed by atoms with E-state index in [1.54, 1.807) is 0 Å². The second-order valence-corrected chi connectivity index (χ2v) is 10.1. The predicted octanol–water partition coefficient (Wildman–Crippen LogP) is 1.96. The largest absolute Gasteiger partial charge is 0.495 e. The number of hydrogen-bond acceptors (Lipinski definition) is 6. The highest BCUT2D eigenvalue weighted by Gasteiger charge is 2.20. The van der Waals surface area contributed by atoms with Crippen LogP contribution in [0.1, 0.15) is 0 Å². The number of nitrogens with zero attached hydrogens (tertiary/aromatic N) is 1. The fourth-order valence-electron chi connectivity index (χ4n) is 2.20. The van der Waals surface area contributed by atoms with E-state index >= 15 is 0 Å². The van der Waals surface area contributed by atoms with E-state index in [4.69, 9.17) is 21.1 Å². The lowest BCUT2D eigenvalue weighted by atomic mass is 10.3. The molecular formula is C17H21ClN2O6S2. The number of rotatable bonds is 9. The molecule has 0 heterocycles. The Morgan fingerprint density at radius 3 is 2.25 bits per heavy atom. The van der Waals surface area contributed by atoms with Crippen LogP contribution in [-0.4, -0.2) is 55.5 Å². The van der Waals surface area contributed by atoms with Gasteiger partial charge in [0.15, 0.2) is 0 Å². The van der Waals surface area contributed by atoms with E-state index in [0.717, 1.165) is 4.31 Å². The Bertz CT molecular complexity index is 1020. The van der Waals surface area contributed by atoms with Crippen LogP contribution in [0.3, 0.4) is 0 Å². The van der Waals surface area contributed by atoms with Gasteiger partial charge in [-0.3, -0.25) is 0 Å². The SMILES string of the molecule is COc1ccc(Cl)cc1S(=O)(=O)NCCOc1ccc(S(=O)(=O)N(C)C)cc1. The Morgan fingerprint density at radius 2 is 1.68 bits per heavy atom. The first-order valence-electron chi connectivity index (χ1n) is 8.06. The van der Waals surface area contributed by atoms with Crippen LogP contribution in [0.4, 0.5) is 0 Å². The van der Waals surface area contributed by atoms with Crippen molar-refractivity contribution in [2.24, 2.45) is 0 Å². The molecule has 0 aliphatic heterocycles. The van der Waals surface area contributed by atoms with E-state index in [-0.39, 0.29) is 33.7 Å². The van der Waals surface area contributed by atoms with Gasteiger partial charge in [-0.15, -0.1) is 0 Å². The molecular weight excluding hydrogens is 428 g/mol. The van der Waals surface area contributed by atoms with Crippen LogP contribution in [-0.2, 0) is 20.0 Å². The van der Waals surface area contributed by atoms with Crippen molar-refractivity contribution < 1.29 is 26.3 Å². The topological polar surface area (TPSA) is 102 Å². The first-order chi connectivity index (χ1) is 13.1. The molecule has 0 aliphatic rings. The molecule has 154 valence electrons. The van der Waals surface area contributed by atoms with Gasteiger partial charge < -0.3 is 9.47 Å². The van der Waals surface area contributed by atoms with E-state index in [0.29, 0.717) is 5.75 Å². The van der Waals surface area contributed by atoms with Gasteiger partial charge in [0.05, 0.1) is 12.0 Å². The number of methoxy groups -OCH3 is 1. The van der Waals surface area contributed by atoms with E-state index < -0.39 is 20.0 Å². The summed E-state index contributed by atoms with van der Waals surface area (Å²) >= 11 is 5.87. The maximum Gasteiger partial charge on any atom is 0.244 e. The fraction of sp³-hybridized carbons (Fsp3) is 0.294. The first kappa shape index (κ1) is 22.4. The van der Waals surface area contributed by atoms with Gasteiger partial charge in [-0.1, -0.05) is 11.6 Å². The summed E-state index contributed by atoms with van der Waals surface area (Å²) in [6, 6.07) is 10.2. The van der Waals surface area contributed by atoms with Gasteiger partial charge >= 0.3 is 0 Å². The Labute approximate surface area is 170 Å². The Balaban J connectivity index is 1.96. The van der Waals surface area contributed by atoms with Crippen molar-refractivity contribution in [3.8, 4) is 11.5 Å². The molecule has 0 spiro atoms. The summed E-state index contributed by atoms with van der Waals surface area (Å²) in [5.74, 6) is 0.591. The van der Waals surface area contributed by atoms with E-state index in [1.807, 2.05) is 0 Å². The summed E-state index contributed by atoms with van der Waals surface area (Å²) in [7, 11) is -3.10. The highest BCUT2D eigenvalue weighted by Crippen LogP contribution is 2.26. The maximum atomic E-state index is 12.4. The molecule has 0 unspecified atom stereocenters. The van der Waals surface area contributed by atoms with Gasteiger partial charge in [0, 0.05) is 25.7 Å². The standard InChI is InChI=1S/C17H21ClN2O6S2/c1-20(2)28(23,24)15-7-5-14(6-8-15)26-11-10-19-27(21,22)17-12-13(18)4-9-16(17)25-3/h4-9,12,19H,10-11H2,1-3H3. The molecule has 0 radical (unpaired) electrons. The number of nitrogens with one attached hydrogen (secondary N) is 1. The molecule has 0 atom stereocenters. The molecule has 1 N–H and O–H groups in total. The van der Waals surface area contributed by atoms with Gasteiger partial charge in [-0.25, -0.2) is 25.9 Å². The Morgan fingerprint density at radius 1 is 1.04 bits per heavy atom. The maximum absolute atomic E-state index is 12.4. The van der Waals surface area contributed by atoms with Crippen LogP contribution >= 0.6 is 11.6 Å². The van der Waals surface area contributed by atoms with Gasteiger partial charge in [0.2, 0.25) is 20.0 Å². The Hall–Kier alpha value is -1.85. The molecule has 0 saturated heterocycles. The van der Waals surface area contributed by atoms with Gasteiger partial charge in [-0.2, -0.15) is 0 Å². The van der Waals surface area contributed by atoms with E-state index in [2.05, 4.69) is 4.72 Å². The van der Waals surface area contributed by atoms with Crippen molar-refractivity contribution in [1.29, 1.82) is 0 Å². The molecule has 2 rings (SSSR count). The molecule has 11 heteroatoms. The molecule has 28 heavy (non-hydrogen) atoms. The second-order valence-electron chi connectivity index (χ2n) is 5.80. The third-order valence-electron chi connectivity index (χ3n) is 3.68. The molecule has 0 amide bonds. The molecule has 2 aromatic rings. The summed E-state index contributed by atoms with van der Waals surface area (Å²) in [4.78, 5) is 0.0688. The zero-order valence-corrected chi connectivity index (χ0v) is 17.9. The van der Waals surface area contributed by atoms with Crippen LogP contribution in [0.15, 0.2) is 52.3 Å². The third-order valence-corrected chi connectivity index (χ3v) is 7.23. The van der Waals surface area contributed by atoms with E-state index in [1.165, 1.54) is 63.7 Å². The Kier molecular flexibility index (Phi) is 7.29. The summed E-state index contributed by atoms with van der Waals surface area (Å²) in [6.45, 7) is 0.0393. The van der Waals surface area contributed by atoms with Crippen molar-refractivity contribution in [3.63, 3.8) is 0 Å². The summed E-state index contributed by atoms with van der Waals surface area (Å²) in [5, 5.41) is 0.269. The number of ether oxygens (including phenoxy) is 2. The van der Waals surface area contributed by atoms with Crippen LogP contribution in [0.5, 0.6) is 11.5 Å². The smallest absolute Gasteiger partial charge is 0.244 e. The van der Waals surface area contributed by atoms with Crippen molar-refractivity contribution >= 4 is 31.6 Å². The lowest BCUT2D eigenvalue weighted by molar-refractivity contribution is 0.322. The molecule has 8 nitrogen and oxygen atoms in total. The van der Waals surface area contributed by atoms with Crippen molar-refractivity contribution in [1.82, 2.24) is 9.03 Å². The molecule has 0 aliphatic carbocycles. The van der Waals surface area contributed by atoms with Crippen molar-refractivity contribution in [2.75, 3.05) is 34.4 Å². The summed E-state index contributed by atoms with van der Waals surface area (Å²) in [6.07, 6.45) is 0. The van der Waals surface area contributed by atoms with Crippen molar-refractivity contribution in [2.45, 2.75) is 9.79 Å². The van der Waals surface area contributed by atoms with E-state index in [9.17, 15) is 16.8 Å². The average Bonchev–Trinajstić information content (AvgIpc) is 2.65. The lowest BCUT2D eigenvalue weighted by Crippen LogP contribution is -2.28. The zero-order valence-electron chi connectivity index (χ0n) is 15.5. The normalized spacial score (nSPS) is 12.2. The number of halogens is 1. The molecule has 0 bridgehead atoms.